The fourth-order valence-corrected chi connectivity index (χ4v) is 2.22. The van der Waals surface area contributed by atoms with Gasteiger partial charge in [0.15, 0.2) is 0 Å². The number of nitrogens with one attached hydrogen (secondary N) is 1. The second-order valence-electron chi connectivity index (χ2n) is 5.04. The van der Waals surface area contributed by atoms with Crippen molar-refractivity contribution < 1.29 is 9.18 Å². The molecule has 1 N–H and O–H groups in total. The maximum absolute atomic E-state index is 12.7. The van der Waals surface area contributed by atoms with Crippen molar-refractivity contribution in [2.24, 2.45) is 5.92 Å². The normalized spacial score (nSPS) is 11.2. The Labute approximate surface area is 124 Å². The van der Waals surface area contributed by atoms with Crippen molar-refractivity contribution in [3.05, 3.63) is 47.1 Å². The van der Waals surface area contributed by atoms with E-state index in [2.05, 4.69) is 19.2 Å². The molecule has 0 bridgehead atoms. The quantitative estimate of drug-likeness (QED) is 0.584. The van der Waals surface area contributed by atoms with Gasteiger partial charge in [0, 0.05) is 12.6 Å². The van der Waals surface area contributed by atoms with E-state index in [-0.39, 0.29) is 11.7 Å². The van der Waals surface area contributed by atoms with Crippen molar-refractivity contribution in [1.29, 1.82) is 0 Å². The SMILES string of the molecule is CC(C)CNC(=O)/C=C\SCCCc1ccc(F)cc1. The van der Waals surface area contributed by atoms with Gasteiger partial charge in [-0.2, -0.15) is 0 Å². The van der Waals surface area contributed by atoms with Gasteiger partial charge in [-0.3, -0.25) is 4.79 Å². The molecular weight excluding hydrogens is 273 g/mol. The van der Waals surface area contributed by atoms with E-state index in [0.717, 1.165) is 24.2 Å². The molecule has 0 aliphatic rings. The van der Waals surface area contributed by atoms with Crippen molar-refractivity contribution in [2.75, 3.05) is 12.3 Å². The zero-order valence-electron chi connectivity index (χ0n) is 12.1. The molecule has 110 valence electrons. The molecule has 1 amide bonds. The summed E-state index contributed by atoms with van der Waals surface area (Å²) in [7, 11) is 0. The first-order valence-corrected chi connectivity index (χ1v) is 7.93. The topological polar surface area (TPSA) is 29.1 Å². The average Bonchev–Trinajstić information content (AvgIpc) is 2.42. The molecule has 1 aromatic rings. The van der Waals surface area contributed by atoms with Gasteiger partial charge < -0.3 is 5.32 Å². The highest BCUT2D eigenvalue weighted by molar-refractivity contribution is 8.02. The van der Waals surface area contributed by atoms with Crippen LogP contribution in [0.1, 0.15) is 25.8 Å². The van der Waals surface area contributed by atoms with Crippen molar-refractivity contribution in [3.63, 3.8) is 0 Å². The molecule has 0 heterocycles. The van der Waals surface area contributed by atoms with Crippen LogP contribution in [0.4, 0.5) is 4.39 Å². The number of amides is 1. The van der Waals surface area contributed by atoms with Crippen molar-refractivity contribution in [1.82, 2.24) is 5.32 Å². The van der Waals surface area contributed by atoms with Gasteiger partial charge in [-0.25, -0.2) is 4.39 Å². The molecule has 0 fully saturated rings. The molecule has 0 aliphatic heterocycles. The Bertz CT molecular complexity index is 429. The van der Waals surface area contributed by atoms with Crippen LogP contribution in [0.2, 0.25) is 0 Å². The number of benzene rings is 1. The molecule has 2 nitrogen and oxygen atoms in total. The number of hydrogen-bond donors (Lipinski definition) is 1. The smallest absolute Gasteiger partial charge is 0.244 e. The predicted octanol–water partition coefficient (Wildman–Crippen LogP) is 3.78. The summed E-state index contributed by atoms with van der Waals surface area (Å²) in [5, 5.41) is 4.66. The summed E-state index contributed by atoms with van der Waals surface area (Å²) >= 11 is 1.62. The number of halogens is 1. The molecule has 0 spiro atoms. The van der Waals surface area contributed by atoms with Crippen LogP contribution in [0.5, 0.6) is 0 Å². The van der Waals surface area contributed by atoms with E-state index < -0.39 is 0 Å². The van der Waals surface area contributed by atoms with Crippen molar-refractivity contribution >= 4 is 17.7 Å². The van der Waals surface area contributed by atoms with Crippen LogP contribution in [0.25, 0.3) is 0 Å². The molecule has 1 rings (SSSR count). The number of aryl methyl sites for hydroxylation is 1. The monoisotopic (exact) mass is 295 g/mol. The van der Waals surface area contributed by atoms with Gasteiger partial charge in [-0.1, -0.05) is 26.0 Å². The molecule has 20 heavy (non-hydrogen) atoms. The minimum absolute atomic E-state index is 0.0373. The van der Waals surface area contributed by atoms with Crippen molar-refractivity contribution in [3.8, 4) is 0 Å². The Kier molecular flexibility index (Phi) is 8.04. The number of rotatable bonds is 8. The minimum atomic E-state index is -0.196. The molecular formula is C16H22FNOS. The summed E-state index contributed by atoms with van der Waals surface area (Å²) in [4.78, 5) is 11.4. The zero-order valence-corrected chi connectivity index (χ0v) is 12.9. The molecule has 0 aromatic heterocycles. The highest BCUT2D eigenvalue weighted by Crippen LogP contribution is 2.10. The van der Waals surface area contributed by atoms with Crippen LogP contribution in [0, 0.1) is 11.7 Å². The molecule has 0 saturated heterocycles. The molecule has 0 saturated carbocycles. The molecule has 4 heteroatoms. The Morgan fingerprint density at radius 3 is 2.70 bits per heavy atom. The van der Waals surface area contributed by atoms with Gasteiger partial charge in [-0.05, 0) is 47.6 Å². The van der Waals surface area contributed by atoms with E-state index in [4.69, 9.17) is 0 Å². The summed E-state index contributed by atoms with van der Waals surface area (Å²) in [5.74, 6) is 1.18. The van der Waals surface area contributed by atoms with Crippen LogP contribution < -0.4 is 5.32 Å². The van der Waals surface area contributed by atoms with Gasteiger partial charge in [0.2, 0.25) is 5.91 Å². The van der Waals surface area contributed by atoms with E-state index in [0.29, 0.717) is 12.5 Å². The zero-order chi connectivity index (χ0) is 14.8. The summed E-state index contributed by atoms with van der Waals surface area (Å²) in [6.45, 7) is 4.83. The highest BCUT2D eigenvalue weighted by atomic mass is 32.2. The van der Waals surface area contributed by atoms with Crippen molar-refractivity contribution in [2.45, 2.75) is 26.7 Å². The standard InChI is InChI=1S/C16H22FNOS/c1-13(2)12-18-16(19)9-11-20-10-3-4-14-5-7-15(17)8-6-14/h5-9,11,13H,3-4,10,12H2,1-2H3,(H,18,19)/b11-9-. The predicted molar refractivity (Wildman–Crippen MR) is 84.2 cm³/mol. The number of hydrogen-bond acceptors (Lipinski definition) is 2. The third kappa shape index (κ3) is 8.00. The summed E-state index contributed by atoms with van der Waals surface area (Å²) in [6, 6.07) is 6.60. The van der Waals surface area contributed by atoms with E-state index in [1.54, 1.807) is 17.8 Å². The Hall–Kier alpha value is -1.29. The second kappa shape index (κ2) is 9.59. The van der Waals surface area contributed by atoms with Gasteiger partial charge in [0.25, 0.3) is 0 Å². The van der Waals surface area contributed by atoms with Gasteiger partial charge >= 0.3 is 0 Å². The lowest BCUT2D eigenvalue weighted by atomic mass is 10.1. The summed E-state index contributed by atoms with van der Waals surface area (Å²) < 4.78 is 12.7. The summed E-state index contributed by atoms with van der Waals surface area (Å²) in [5.41, 5.74) is 1.14. The van der Waals surface area contributed by atoms with Crippen LogP contribution in [0.15, 0.2) is 35.7 Å². The van der Waals surface area contributed by atoms with E-state index >= 15 is 0 Å². The lowest BCUT2D eigenvalue weighted by Crippen LogP contribution is -2.25. The third-order valence-corrected chi connectivity index (χ3v) is 3.49. The Morgan fingerprint density at radius 1 is 1.35 bits per heavy atom. The lowest BCUT2D eigenvalue weighted by molar-refractivity contribution is -0.116. The molecule has 0 unspecified atom stereocenters. The highest BCUT2D eigenvalue weighted by Gasteiger charge is 1.97. The van der Waals surface area contributed by atoms with Gasteiger partial charge in [0.05, 0.1) is 0 Å². The first-order valence-electron chi connectivity index (χ1n) is 6.88. The Balaban J connectivity index is 2.09. The maximum Gasteiger partial charge on any atom is 0.244 e. The first-order chi connectivity index (χ1) is 9.58. The number of carbonyl (C=O) groups is 1. The Morgan fingerprint density at radius 2 is 2.05 bits per heavy atom. The van der Waals surface area contributed by atoms with Gasteiger partial charge in [0.1, 0.15) is 5.82 Å². The minimum Gasteiger partial charge on any atom is -0.352 e. The van der Waals surface area contributed by atoms with E-state index in [1.165, 1.54) is 12.1 Å². The van der Waals surface area contributed by atoms with Crippen LogP contribution in [-0.2, 0) is 11.2 Å². The third-order valence-electron chi connectivity index (χ3n) is 2.64. The largest absolute Gasteiger partial charge is 0.352 e. The molecule has 0 radical (unpaired) electrons. The fourth-order valence-electron chi connectivity index (χ4n) is 1.55. The maximum atomic E-state index is 12.7. The van der Waals surface area contributed by atoms with Crippen LogP contribution >= 0.6 is 11.8 Å². The number of carbonyl (C=O) groups excluding carboxylic acids is 1. The van der Waals surface area contributed by atoms with Crippen LogP contribution in [0.3, 0.4) is 0 Å². The first kappa shape index (κ1) is 16.8. The van der Waals surface area contributed by atoms with Gasteiger partial charge in [-0.15, -0.1) is 11.8 Å². The van der Waals surface area contributed by atoms with E-state index in [9.17, 15) is 9.18 Å². The summed E-state index contributed by atoms with van der Waals surface area (Å²) in [6.07, 6.45) is 3.51. The molecule has 0 aliphatic carbocycles. The average molecular weight is 295 g/mol. The molecule has 1 aromatic carbocycles. The fraction of sp³-hybridized carbons (Fsp3) is 0.438. The number of thioether (sulfide) groups is 1. The lowest BCUT2D eigenvalue weighted by Gasteiger charge is -2.04. The second-order valence-corrected chi connectivity index (χ2v) is 6.06. The molecule has 0 atom stereocenters. The van der Waals surface area contributed by atoms with Crippen LogP contribution in [-0.4, -0.2) is 18.2 Å². The van der Waals surface area contributed by atoms with E-state index in [1.807, 2.05) is 17.5 Å².